The molecular formula is C13H18Cl2N2. The van der Waals surface area contributed by atoms with E-state index in [2.05, 4.69) is 5.43 Å². The van der Waals surface area contributed by atoms with Crippen LogP contribution in [0.2, 0.25) is 10.0 Å². The average Bonchev–Trinajstić information content (AvgIpc) is 2.26. The summed E-state index contributed by atoms with van der Waals surface area (Å²) < 4.78 is 0. The molecule has 1 unspecified atom stereocenters. The third-order valence-corrected chi connectivity index (χ3v) is 4.16. The molecular weight excluding hydrogens is 255 g/mol. The van der Waals surface area contributed by atoms with E-state index in [1.807, 2.05) is 18.2 Å². The van der Waals surface area contributed by atoms with Crippen molar-refractivity contribution in [3.8, 4) is 0 Å². The van der Waals surface area contributed by atoms with Crippen molar-refractivity contribution >= 4 is 23.2 Å². The Kier molecular flexibility index (Phi) is 4.69. The van der Waals surface area contributed by atoms with Crippen LogP contribution in [0.5, 0.6) is 0 Å². The normalized spacial score (nSPS) is 17.8. The lowest BCUT2D eigenvalue weighted by atomic mass is 9.80. The summed E-state index contributed by atoms with van der Waals surface area (Å²) in [4.78, 5) is 0. The van der Waals surface area contributed by atoms with Gasteiger partial charge < -0.3 is 0 Å². The summed E-state index contributed by atoms with van der Waals surface area (Å²) in [5.74, 6) is 6.44. The highest BCUT2D eigenvalue weighted by Crippen LogP contribution is 2.31. The highest BCUT2D eigenvalue weighted by molar-refractivity contribution is 6.33. The van der Waals surface area contributed by atoms with Gasteiger partial charge in [-0.25, -0.2) is 0 Å². The minimum Gasteiger partial charge on any atom is -0.271 e. The molecule has 2 rings (SSSR count). The number of hydrogen-bond acceptors (Lipinski definition) is 2. The first-order valence-electron chi connectivity index (χ1n) is 6.09. The standard InChI is InChI=1S/C13H18Cl2N2/c14-11-4-5-13(15)10(7-11)8-12(17-16)6-9-2-1-3-9/h4-5,7,9,12,17H,1-3,6,8,16H2. The Morgan fingerprint density at radius 1 is 1.35 bits per heavy atom. The van der Waals surface area contributed by atoms with Crippen LogP contribution in [0.25, 0.3) is 0 Å². The number of nitrogens with two attached hydrogens (primary N) is 1. The minimum absolute atomic E-state index is 0.288. The summed E-state index contributed by atoms with van der Waals surface area (Å²) in [6.07, 6.45) is 5.99. The number of benzene rings is 1. The SMILES string of the molecule is NNC(Cc1cc(Cl)ccc1Cl)CC1CCC1. The number of nitrogens with one attached hydrogen (secondary N) is 1. The Morgan fingerprint density at radius 3 is 2.71 bits per heavy atom. The molecule has 1 fully saturated rings. The maximum Gasteiger partial charge on any atom is 0.0439 e. The fraction of sp³-hybridized carbons (Fsp3) is 0.538. The van der Waals surface area contributed by atoms with Gasteiger partial charge in [-0.05, 0) is 42.5 Å². The molecule has 1 aliphatic carbocycles. The summed E-state index contributed by atoms with van der Waals surface area (Å²) in [5, 5.41) is 1.49. The van der Waals surface area contributed by atoms with E-state index in [4.69, 9.17) is 29.0 Å². The van der Waals surface area contributed by atoms with E-state index < -0.39 is 0 Å². The summed E-state index contributed by atoms with van der Waals surface area (Å²) in [5.41, 5.74) is 3.97. The molecule has 0 aromatic heterocycles. The third kappa shape index (κ3) is 3.59. The van der Waals surface area contributed by atoms with Crippen molar-refractivity contribution in [2.75, 3.05) is 0 Å². The first-order valence-corrected chi connectivity index (χ1v) is 6.84. The summed E-state index contributed by atoms with van der Waals surface area (Å²) in [6, 6.07) is 5.87. The van der Waals surface area contributed by atoms with Gasteiger partial charge in [-0.1, -0.05) is 42.5 Å². The first-order chi connectivity index (χ1) is 8.19. The zero-order chi connectivity index (χ0) is 12.3. The van der Waals surface area contributed by atoms with Crippen molar-refractivity contribution < 1.29 is 0 Å². The van der Waals surface area contributed by atoms with Crippen LogP contribution in [0.3, 0.4) is 0 Å². The van der Waals surface area contributed by atoms with Gasteiger partial charge in [-0.3, -0.25) is 11.3 Å². The molecule has 94 valence electrons. The Balaban J connectivity index is 1.98. The lowest BCUT2D eigenvalue weighted by Gasteiger charge is -2.29. The molecule has 0 radical (unpaired) electrons. The molecule has 0 amide bonds. The second-order valence-corrected chi connectivity index (χ2v) is 5.68. The van der Waals surface area contributed by atoms with Crippen LogP contribution < -0.4 is 11.3 Å². The van der Waals surface area contributed by atoms with E-state index in [0.29, 0.717) is 0 Å². The molecule has 0 aliphatic heterocycles. The highest BCUT2D eigenvalue weighted by atomic mass is 35.5. The smallest absolute Gasteiger partial charge is 0.0439 e. The number of rotatable bonds is 5. The third-order valence-electron chi connectivity index (χ3n) is 3.55. The van der Waals surface area contributed by atoms with Crippen LogP contribution in [-0.4, -0.2) is 6.04 Å². The van der Waals surface area contributed by atoms with E-state index in [1.165, 1.54) is 19.3 Å². The fourth-order valence-corrected chi connectivity index (χ4v) is 2.70. The van der Waals surface area contributed by atoms with Crippen molar-refractivity contribution in [1.29, 1.82) is 0 Å². The van der Waals surface area contributed by atoms with Gasteiger partial charge in [0.2, 0.25) is 0 Å². The predicted molar refractivity (Wildman–Crippen MR) is 73.2 cm³/mol. The molecule has 1 saturated carbocycles. The minimum atomic E-state index is 0.288. The molecule has 1 aliphatic rings. The van der Waals surface area contributed by atoms with Gasteiger partial charge in [0, 0.05) is 16.1 Å². The van der Waals surface area contributed by atoms with Gasteiger partial charge in [0.05, 0.1) is 0 Å². The van der Waals surface area contributed by atoms with E-state index in [9.17, 15) is 0 Å². The van der Waals surface area contributed by atoms with Crippen LogP contribution in [-0.2, 0) is 6.42 Å². The first kappa shape index (κ1) is 13.2. The maximum absolute atomic E-state index is 6.15. The van der Waals surface area contributed by atoms with Gasteiger partial charge in [-0.2, -0.15) is 0 Å². The van der Waals surface area contributed by atoms with Crippen molar-refractivity contribution in [2.45, 2.75) is 38.1 Å². The Bertz CT molecular complexity index is 378. The zero-order valence-electron chi connectivity index (χ0n) is 9.76. The second kappa shape index (κ2) is 6.05. The second-order valence-electron chi connectivity index (χ2n) is 4.84. The number of halogens is 2. The molecule has 0 bridgehead atoms. The predicted octanol–water partition coefficient (Wildman–Crippen LogP) is 3.56. The van der Waals surface area contributed by atoms with Crippen molar-refractivity contribution in [3.63, 3.8) is 0 Å². The number of hydrogen-bond donors (Lipinski definition) is 2. The molecule has 17 heavy (non-hydrogen) atoms. The lowest BCUT2D eigenvalue weighted by Crippen LogP contribution is -2.39. The zero-order valence-corrected chi connectivity index (χ0v) is 11.3. The van der Waals surface area contributed by atoms with E-state index in [0.717, 1.165) is 34.4 Å². The van der Waals surface area contributed by atoms with Crippen LogP contribution in [0.1, 0.15) is 31.2 Å². The quantitative estimate of drug-likeness (QED) is 0.636. The van der Waals surface area contributed by atoms with Gasteiger partial charge in [0.15, 0.2) is 0 Å². The van der Waals surface area contributed by atoms with Crippen LogP contribution in [0, 0.1) is 5.92 Å². The van der Waals surface area contributed by atoms with Crippen molar-refractivity contribution in [2.24, 2.45) is 11.8 Å². The molecule has 0 saturated heterocycles. The molecule has 1 aromatic carbocycles. The summed E-state index contributed by atoms with van der Waals surface area (Å²) in [6.45, 7) is 0. The van der Waals surface area contributed by atoms with Gasteiger partial charge in [0.1, 0.15) is 0 Å². The van der Waals surface area contributed by atoms with Crippen molar-refractivity contribution in [1.82, 2.24) is 5.43 Å². The van der Waals surface area contributed by atoms with Crippen molar-refractivity contribution in [3.05, 3.63) is 33.8 Å². The molecule has 0 heterocycles. The fourth-order valence-electron chi connectivity index (χ4n) is 2.31. The topological polar surface area (TPSA) is 38.0 Å². The molecule has 1 atom stereocenters. The van der Waals surface area contributed by atoms with E-state index in [1.54, 1.807) is 0 Å². The van der Waals surface area contributed by atoms with E-state index >= 15 is 0 Å². The van der Waals surface area contributed by atoms with Gasteiger partial charge in [0.25, 0.3) is 0 Å². The molecule has 2 nitrogen and oxygen atoms in total. The highest BCUT2D eigenvalue weighted by Gasteiger charge is 2.22. The average molecular weight is 273 g/mol. The maximum atomic E-state index is 6.15. The summed E-state index contributed by atoms with van der Waals surface area (Å²) in [7, 11) is 0. The van der Waals surface area contributed by atoms with Gasteiger partial charge in [-0.15, -0.1) is 0 Å². The van der Waals surface area contributed by atoms with Crippen LogP contribution in [0.15, 0.2) is 18.2 Å². The van der Waals surface area contributed by atoms with Crippen LogP contribution >= 0.6 is 23.2 Å². The number of hydrazine groups is 1. The Labute approximate surface area is 112 Å². The van der Waals surface area contributed by atoms with E-state index in [-0.39, 0.29) is 6.04 Å². The lowest BCUT2D eigenvalue weighted by molar-refractivity contribution is 0.259. The molecule has 3 N–H and O–H groups in total. The molecule has 4 heteroatoms. The summed E-state index contributed by atoms with van der Waals surface area (Å²) >= 11 is 12.1. The Hall–Kier alpha value is -0.280. The monoisotopic (exact) mass is 272 g/mol. The van der Waals surface area contributed by atoms with Gasteiger partial charge >= 0.3 is 0 Å². The largest absolute Gasteiger partial charge is 0.271 e. The molecule has 1 aromatic rings. The Morgan fingerprint density at radius 2 is 2.12 bits per heavy atom. The van der Waals surface area contributed by atoms with Crippen LogP contribution in [0.4, 0.5) is 0 Å². The molecule has 0 spiro atoms.